The Labute approximate surface area is 125 Å². The Kier molecular flexibility index (Phi) is 4.05. The molecule has 2 heteroatoms. The van der Waals surface area contributed by atoms with Gasteiger partial charge in [0.05, 0.1) is 5.56 Å². The quantitative estimate of drug-likeness (QED) is 0.829. The number of carbonyl (C=O) groups excluding carboxylic acids is 1. The van der Waals surface area contributed by atoms with Gasteiger partial charge in [-0.3, -0.25) is 4.79 Å². The first kappa shape index (κ1) is 13.9. The average Bonchev–Trinajstić information content (AvgIpc) is 2.56. The first-order valence-electron chi connectivity index (χ1n) is 7.68. The Morgan fingerprint density at radius 2 is 1.67 bits per heavy atom. The molecule has 0 unspecified atom stereocenters. The standard InChI is InChI=1S/C19H20O2/c20-18-12-11-16(14-7-3-1-4-8-14)13-17(18)19(21)15-9-5-2-6-10-15/h2,5-6,9-14,20H,1,3-4,7-8H2. The van der Waals surface area contributed by atoms with E-state index in [0.717, 1.165) is 0 Å². The summed E-state index contributed by atoms with van der Waals surface area (Å²) in [5, 5.41) is 10.0. The third-order valence-electron chi connectivity index (χ3n) is 4.38. The van der Waals surface area contributed by atoms with Crippen LogP contribution in [0.1, 0.15) is 59.5 Å². The van der Waals surface area contributed by atoms with Crippen LogP contribution in [-0.4, -0.2) is 10.9 Å². The minimum atomic E-state index is -0.106. The Bertz CT molecular complexity index is 625. The summed E-state index contributed by atoms with van der Waals surface area (Å²) in [6.45, 7) is 0. The number of hydrogen-bond donors (Lipinski definition) is 1. The summed E-state index contributed by atoms with van der Waals surface area (Å²) >= 11 is 0. The van der Waals surface area contributed by atoms with Crippen LogP contribution in [0.4, 0.5) is 0 Å². The molecular formula is C19H20O2. The van der Waals surface area contributed by atoms with Crippen LogP contribution in [0.3, 0.4) is 0 Å². The fraction of sp³-hybridized carbons (Fsp3) is 0.316. The van der Waals surface area contributed by atoms with Crippen molar-refractivity contribution >= 4 is 5.78 Å². The van der Waals surface area contributed by atoms with Crippen LogP contribution >= 0.6 is 0 Å². The van der Waals surface area contributed by atoms with E-state index in [0.29, 0.717) is 17.0 Å². The van der Waals surface area contributed by atoms with E-state index in [4.69, 9.17) is 0 Å². The van der Waals surface area contributed by atoms with Crippen molar-refractivity contribution in [3.05, 3.63) is 65.2 Å². The van der Waals surface area contributed by atoms with Crippen molar-refractivity contribution in [2.45, 2.75) is 38.0 Å². The highest BCUT2D eigenvalue weighted by Crippen LogP contribution is 2.34. The van der Waals surface area contributed by atoms with Crippen LogP contribution in [0.25, 0.3) is 0 Å². The Balaban J connectivity index is 1.92. The Morgan fingerprint density at radius 1 is 0.952 bits per heavy atom. The van der Waals surface area contributed by atoms with E-state index < -0.39 is 0 Å². The van der Waals surface area contributed by atoms with Crippen molar-refractivity contribution in [1.29, 1.82) is 0 Å². The van der Waals surface area contributed by atoms with Crippen molar-refractivity contribution in [2.75, 3.05) is 0 Å². The lowest BCUT2D eigenvalue weighted by atomic mass is 9.83. The second kappa shape index (κ2) is 6.13. The molecule has 0 radical (unpaired) electrons. The Morgan fingerprint density at radius 3 is 2.38 bits per heavy atom. The first-order chi connectivity index (χ1) is 10.3. The third-order valence-corrected chi connectivity index (χ3v) is 4.38. The normalized spacial score (nSPS) is 15.8. The fourth-order valence-electron chi connectivity index (χ4n) is 3.17. The zero-order valence-corrected chi connectivity index (χ0v) is 12.1. The average molecular weight is 280 g/mol. The molecule has 0 aliphatic heterocycles. The van der Waals surface area contributed by atoms with Gasteiger partial charge in [0, 0.05) is 5.56 Å². The minimum absolute atomic E-state index is 0.0726. The smallest absolute Gasteiger partial charge is 0.196 e. The number of aromatic hydroxyl groups is 1. The van der Waals surface area contributed by atoms with Gasteiger partial charge in [0.1, 0.15) is 5.75 Å². The number of carbonyl (C=O) groups is 1. The second-order valence-electron chi connectivity index (χ2n) is 5.81. The van der Waals surface area contributed by atoms with Crippen LogP contribution in [0, 0.1) is 0 Å². The van der Waals surface area contributed by atoms with E-state index in [-0.39, 0.29) is 11.5 Å². The summed E-state index contributed by atoms with van der Waals surface area (Å²) in [6.07, 6.45) is 6.19. The summed E-state index contributed by atoms with van der Waals surface area (Å²) in [5.41, 5.74) is 2.23. The molecule has 0 aromatic heterocycles. The van der Waals surface area contributed by atoms with Gasteiger partial charge >= 0.3 is 0 Å². The van der Waals surface area contributed by atoms with Crippen molar-refractivity contribution < 1.29 is 9.90 Å². The molecular weight excluding hydrogens is 260 g/mol. The van der Waals surface area contributed by atoms with Crippen molar-refractivity contribution in [1.82, 2.24) is 0 Å². The topological polar surface area (TPSA) is 37.3 Å². The van der Waals surface area contributed by atoms with E-state index in [1.165, 1.54) is 37.7 Å². The molecule has 1 fully saturated rings. The molecule has 1 aliphatic carbocycles. The van der Waals surface area contributed by atoms with Crippen LogP contribution in [0.5, 0.6) is 5.75 Å². The maximum atomic E-state index is 12.5. The molecule has 0 amide bonds. The van der Waals surface area contributed by atoms with E-state index >= 15 is 0 Å². The summed E-state index contributed by atoms with van der Waals surface area (Å²) < 4.78 is 0. The highest BCUT2D eigenvalue weighted by atomic mass is 16.3. The number of hydrogen-bond acceptors (Lipinski definition) is 2. The predicted octanol–water partition coefficient (Wildman–Crippen LogP) is 4.67. The van der Waals surface area contributed by atoms with Gasteiger partial charge in [0.15, 0.2) is 5.78 Å². The molecule has 2 aromatic carbocycles. The van der Waals surface area contributed by atoms with Gasteiger partial charge in [-0.25, -0.2) is 0 Å². The minimum Gasteiger partial charge on any atom is -0.507 e. The van der Waals surface area contributed by atoms with Crippen LogP contribution in [0.15, 0.2) is 48.5 Å². The summed E-state index contributed by atoms with van der Waals surface area (Å²) in [6, 6.07) is 14.7. The lowest BCUT2D eigenvalue weighted by molar-refractivity contribution is 0.103. The second-order valence-corrected chi connectivity index (χ2v) is 5.81. The van der Waals surface area contributed by atoms with Gasteiger partial charge < -0.3 is 5.11 Å². The monoisotopic (exact) mass is 280 g/mol. The summed E-state index contributed by atoms with van der Waals surface area (Å²) in [4.78, 5) is 12.5. The zero-order chi connectivity index (χ0) is 14.7. The lowest BCUT2D eigenvalue weighted by Crippen LogP contribution is -2.07. The molecule has 0 bridgehead atoms. The van der Waals surface area contributed by atoms with Crippen molar-refractivity contribution in [3.63, 3.8) is 0 Å². The van der Waals surface area contributed by atoms with E-state index in [1.54, 1.807) is 18.2 Å². The molecule has 0 atom stereocenters. The van der Waals surface area contributed by atoms with E-state index in [1.807, 2.05) is 30.3 Å². The van der Waals surface area contributed by atoms with Crippen LogP contribution < -0.4 is 0 Å². The van der Waals surface area contributed by atoms with Gasteiger partial charge in [0.2, 0.25) is 0 Å². The molecule has 0 spiro atoms. The van der Waals surface area contributed by atoms with Crippen LogP contribution in [0.2, 0.25) is 0 Å². The highest BCUT2D eigenvalue weighted by molar-refractivity contribution is 6.10. The molecule has 3 rings (SSSR count). The number of phenols is 1. The molecule has 1 saturated carbocycles. The van der Waals surface area contributed by atoms with Gasteiger partial charge in [-0.05, 0) is 36.5 Å². The molecule has 0 saturated heterocycles. The number of rotatable bonds is 3. The number of ketones is 1. The zero-order valence-electron chi connectivity index (χ0n) is 12.1. The molecule has 108 valence electrons. The maximum absolute atomic E-state index is 12.5. The number of benzene rings is 2. The SMILES string of the molecule is O=C(c1ccccc1)c1cc(C2CCCCC2)ccc1O. The third kappa shape index (κ3) is 2.99. The lowest BCUT2D eigenvalue weighted by Gasteiger charge is -2.22. The fourth-order valence-corrected chi connectivity index (χ4v) is 3.17. The summed E-state index contributed by atoms with van der Waals surface area (Å²) in [5.74, 6) is 0.496. The molecule has 21 heavy (non-hydrogen) atoms. The van der Waals surface area contributed by atoms with Gasteiger partial charge in [-0.15, -0.1) is 0 Å². The number of phenolic OH excluding ortho intramolecular Hbond substituents is 1. The summed E-state index contributed by atoms with van der Waals surface area (Å²) in [7, 11) is 0. The van der Waals surface area contributed by atoms with Gasteiger partial charge in [-0.2, -0.15) is 0 Å². The maximum Gasteiger partial charge on any atom is 0.196 e. The van der Waals surface area contributed by atoms with Gasteiger partial charge in [-0.1, -0.05) is 55.7 Å². The van der Waals surface area contributed by atoms with Crippen molar-refractivity contribution in [3.8, 4) is 5.75 Å². The molecule has 2 aromatic rings. The molecule has 1 N–H and O–H groups in total. The van der Waals surface area contributed by atoms with Gasteiger partial charge in [0.25, 0.3) is 0 Å². The van der Waals surface area contributed by atoms with E-state index in [9.17, 15) is 9.90 Å². The predicted molar refractivity (Wildman–Crippen MR) is 83.8 cm³/mol. The Hall–Kier alpha value is -2.09. The molecule has 2 nitrogen and oxygen atoms in total. The van der Waals surface area contributed by atoms with Crippen molar-refractivity contribution in [2.24, 2.45) is 0 Å². The molecule has 0 heterocycles. The largest absolute Gasteiger partial charge is 0.507 e. The van der Waals surface area contributed by atoms with E-state index in [2.05, 4.69) is 0 Å². The first-order valence-corrected chi connectivity index (χ1v) is 7.68. The molecule has 1 aliphatic rings. The highest BCUT2D eigenvalue weighted by Gasteiger charge is 2.19. The van der Waals surface area contributed by atoms with Crippen LogP contribution in [-0.2, 0) is 0 Å².